The highest BCUT2D eigenvalue weighted by atomic mass is 35.5. The van der Waals surface area contributed by atoms with Crippen LogP contribution in [0.3, 0.4) is 0 Å². The summed E-state index contributed by atoms with van der Waals surface area (Å²) in [6.07, 6.45) is 6.52. The van der Waals surface area contributed by atoms with Crippen LogP contribution in [0, 0.1) is 0 Å². The lowest BCUT2D eigenvalue weighted by Crippen LogP contribution is -2.29. The Morgan fingerprint density at radius 2 is 2.07 bits per heavy atom. The van der Waals surface area contributed by atoms with Gasteiger partial charge in [0, 0.05) is 17.6 Å². The van der Waals surface area contributed by atoms with Crippen LogP contribution in [0.5, 0.6) is 0 Å². The number of fused-ring (bicyclic) bond motifs is 1. The van der Waals surface area contributed by atoms with E-state index in [4.69, 9.17) is 16.6 Å². The third-order valence-corrected chi connectivity index (χ3v) is 6.33. The molecule has 28 heavy (non-hydrogen) atoms. The molecule has 1 aromatic carbocycles. The van der Waals surface area contributed by atoms with Gasteiger partial charge in [-0.2, -0.15) is 0 Å². The molecule has 0 aliphatic heterocycles. The molecule has 0 unspecified atom stereocenters. The summed E-state index contributed by atoms with van der Waals surface area (Å²) in [5.74, 6) is 1.36. The van der Waals surface area contributed by atoms with Crippen LogP contribution in [0.15, 0.2) is 28.2 Å². The third-order valence-electron chi connectivity index (χ3n) is 5.14. The first kappa shape index (κ1) is 19.4. The minimum Gasteiger partial charge on any atom is -0.284 e. The van der Waals surface area contributed by atoms with E-state index in [0.717, 1.165) is 49.6 Å². The van der Waals surface area contributed by atoms with Gasteiger partial charge in [0.1, 0.15) is 0 Å². The van der Waals surface area contributed by atoms with Crippen molar-refractivity contribution in [3.63, 3.8) is 0 Å². The SMILES string of the molecule is CCCn1nnnc1CSc1nc2cc(Cl)ccc2c(=O)n1C1CCCCC1. The van der Waals surface area contributed by atoms with Crippen LogP contribution in [-0.2, 0) is 12.3 Å². The van der Waals surface area contributed by atoms with Gasteiger partial charge in [0.25, 0.3) is 5.56 Å². The fourth-order valence-electron chi connectivity index (χ4n) is 3.76. The highest BCUT2D eigenvalue weighted by Gasteiger charge is 2.22. The number of thioether (sulfide) groups is 1. The first-order valence-corrected chi connectivity index (χ1v) is 11.1. The second-order valence-electron chi connectivity index (χ2n) is 7.13. The van der Waals surface area contributed by atoms with Gasteiger partial charge < -0.3 is 0 Å². The van der Waals surface area contributed by atoms with E-state index in [0.29, 0.717) is 21.7 Å². The monoisotopic (exact) mass is 418 g/mol. The smallest absolute Gasteiger partial charge is 0.262 e. The third kappa shape index (κ3) is 3.93. The van der Waals surface area contributed by atoms with Crippen molar-refractivity contribution in [2.45, 2.75) is 68.9 Å². The largest absolute Gasteiger partial charge is 0.284 e. The van der Waals surface area contributed by atoms with Crippen molar-refractivity contribution in [3.05, 3.63) is 39.4 Å². The second-order valence-corrected chi connectivity index (χ2v) is 8.51. The first-order valence-electron chi connectivity index (χ1n) is 9.77. The molecule has 1 aliphatic carbocycles. The van der Waals surface area contributed by atoms with E-state index in [-0.39, 0.29) is 11.6 Å². The molecule has 0 atom stereocenters. The minimum atomic E-state index is 0.0178. The molecule has 1 saturated carbocycles. The van der Waals surface area contributed by atoms with Gasteiger partial charge in [-0.05, 0) is 47.9 Å². The van der Waals surface area contributed by atoms with Crippen molar-refractivity contribution in [2.75, 3.05) is 0 Å². The molecule has 9 heteroatoms. The van der Waals surface area contributed by atoms with Crippen molar-refractivity contribution >= 4 is 34.3 Å². The molecule has 0 saturated heterocycles. The van der Waals surface area contributed by atoms with Gasteiger partial charge in [0.05, 0.1) is 16.7 Å². The van der Waals surface area contributed by atoms with E-state index in [2.05, 4.69) is 22.4 Å². The fourth-order valence-corrected chi connectivity index (χ4v) is 4.92. The molecule has 2 heterocycles. The Hall–Kier alpha value is -1.93. The van der Waals surface area contributed by atoms with E-state index in [1.165, 1.54) is 18.2 Å². The second kappa shape index (κ2) is 8.61. The summed E-state index contributed by atoms with van der Waals surface area (Å²) in [5, 5.41) is 13.9. The molecule has 7 nitrogen and oxygen atoms in total. The Balaban J connectivity index is 1.73. The number of halogens is 1. The molecule has 1 fully saturated rings. The zero-order valence-electron chi connectivity index (χ0n) is 15.8. The normalized spacial score (nSPS) is 15.4. The van der Waals surface area contributed by atoms with Gasteiger partial charge in [-0.3, -0.25) is 9.36 Å². The summed E-state index contributed by atoms with van der Waals surface area (Å²) in [5.41, 5.74) is 0.657. The lowest BCUT2D eigenvalue weighted by Gasteiger charge is -2.26. The predicted octanol–water partition coefficient (Wildman–Crippen LogP) is 4.24. The van der Waals surface area contributed by atoms with Gasteiger partial charge >= 0.3 is 0 Å². The van der Waals surface area contributed by atoms with Gasteiger partial charge in [-0.1, -0.05) is 49.5 Å². The quantitative estimate of drug-likeness (QED) is 0.440. The highest BCUT2D eigenvalue weighted by Crippen LogP contribution is 2.32. The number of nitrogens with zero attached hydrogens (tertiary/aromatic N) is 6. The van der Waals surface area contributed by atoms with Crippen molar-refractivity contribution in [1.29, 1.82) is 0 Å². The number of tetrazole rings is 1. The number of hydrogen-bond acceptors (Lipinski definition) is 6. The Labute approximate surface area is 172 Å². The molecule has 0 amide bonds. The molecule has 1 aliphatic rings. The standard InChI is InChI=1S/C19H23ClN6OS/c1-2-10-25-17(22-23-24-25)12-28-19-21-16-11-13(20)8-9-15(16)18(27)26(19)14-6-4-3-5-7-14/h8-9,11,14H,2-7,10,12H2,1H3. The van der Waals surface area contributed by atoms with Crippen LogP contribution >= 0.6 is 23.4 Å². The Kier molecular flexibility index (Phi) is 5.96. The Bertz CT molecular complexity index is 1030. The average Bonchev–Trinajstić information content (AvgIpc) is 3.14. The van der Waals surface area contributed by atoms with E-state index in [1.54, 1.807) is 18.2 Å². The molecule has 4 rings (SSSR count). The van der Waals surface area contributed by atoms with Crippen LogP contribution in [0.2, 0.25) is 5.02 Å². The van der Waals surface area contributed by atoms with Crippen molar-refractivity contribution in [3.8, 4) is 0 Å². The average molecular weight is 419 g/mol. The summed E-state index contributed by atoms with van der Waals surface area (Å²) in [7, 11) is 0. The predicted molar refractivity (Wildman–Crippen MR) is 111 cm³/mol. The molecule has 0 N–H and O–H groups in total. The number of aryl methyl sites for hydroxylation is 1. The lowest BCUT2D eigenvalue weighted by molar-refractivity contribution is 0.326. The maximum Gasteiger partial charge on any atom is 0.262 e. The van der Waals surface area contributed by atoms with Crippen molar-refractivity contribution in [1.82, 2.24) is 29.8 Å². The topological polar surface area (TPSA) is 78.5 Å². The first-order chi connectivity index (χ1) is 13.7. The summed E-state index contributed by atoms with van der Waals surface area (Å²) in [4.78, 5) is 18.1. The summed E-state index contributed by atoms with van der Waals surface area (Å²) in [6.45, 7) is 2.87. The molecule has 3 aromatic rings. The van der Waals surface area contributed by atoms with Gasteiger partial charge in [0.2, 0.25) is 0 Å². The zero-order chi connectivity index (χ0) is 19.5. The van der Waals surface area contributed by atoms with E-state index < -0.39 is 0 Å². The fraction of sp³-hybridized carbons (Fsp3) is 0.526. The van der Waals surface area contributed by atoms with E-state index in [1.807, 2.05) is 9.25 Å². The Morgan fingerprint density at radius 3 is 2.86 bits per heavy atom. The maximum atomic E-state index is 13.3. The molecule has 0 radical (unpaired) electrons. The number of rotatable bonds is 6. The molecule has 148 valence electrons. The van der Waals surface area contributed by atoms with E-state index >= 15 is 0 Å². The highest BCUT2D eigenvalue weighted by molar-refractivity contribution is 7.98. The van der Waals surface area contributed by atoms with Gasteiger partial charge in [-0.15, -0.1) is 5.10 Å². The van der Waals surface area contributed by atoms with Crippen LogP contribution < -0.4 is 5.56 Å². The molecule has 2 aromatic heterocycles. The summed E-state index contributed by atoms with van der Waals surface area (Å²) >= 11 is 7.66. The molecular formula is C19H23ClN6OS. The van der Waals surface area contributed by atoms with Gasteiger partial charge in [-0.25, -0.2) is 9.67 Å². The van der Waals surface area contributed by atoms with Crippen LogP contribution in [0.1, 0.15) is 57.3 Å². The molecular weight excluding hydrogens is 396 g/mol. The lowest BCUT2D eigenvalue weighted by atomic mass is 9.95. The maximum absolute atomic E-state index is 13.3. The van der Waals surface area contributed by atoms with Gasteiger partial charge in [0.15, 0.2) is 11.0 Å². The van der Waals surface area contributed by atoms with Crippen LogP contribution in [-0.4, -0.2) is 29.8 Å². The number of aromatic nitrogens is 6. The minimum absolute atomic E-state index is 0.0178. The number of benzene rings is 1. The van der Waals surface area contributed by atoms with Crippen LogP contribution in [0.4, 0.5) is 0 Å². The summed E-state index contributed by atoms with van der Waals surface area (Å²) < 4.78 is 3.71. The summed E-state index contributed by atoms with van der Waals surface area (Å²) in [6, 6.07) is 5.49. The van der Waals surface area contributed by atoms with Crippen molar-refractivity contribution < 1.29 is 0 Å². The number of hydrogen-bond donors (Lipinski definition) is 0. The van der Waals surface area contributed by atoms with Crippen molar-refractivity contribution in [2.24, 2.45) is 0 Å². The molecule has 0 bridgehead atoms. The van der Waals surface area contributed by atoms with Crippen LogP contribution in [0.25, 0.3) is 10.9 Å². The van der Waals surface area contributed by atoms with E-state index in [9.17, 15) is 4.79 Å². The Morgan fingerprint density at radius 1 is 1.25 bits per heavy atom. The zero-order valence-corrected chi connectivity index (χ0v) is 17.4. The molecule has 0 spiro atoms.